The number of hydrogen-bond acceptors (Lipinski definition) is 5. The Hall–Kier alpha value is -1.92. The molecule has 1 spiro atoms. The van der Waals surface area contributed by atoms with Gasteiger partial charge in [-0.15, -0.1) is 11.3 Å². The number of pyridine rings is 1. The molecular weight excluding hydrogens is 312 g/mol. The summed E-state index contributed by atoms with van der Waals surface area (Å²) in [4.78, 5) is 19.2. The monoisotopic (exact) mass is 330 g/mol. The van der Waals surface area contributed by atoms with Crippen LogP contribution in [0.3, 0.4) is 0 Å². The number of anilines is 1. The van der Waals surface area contributed by atoms with Gasteiger partial charge in [-0.3, -0.25) is 0 Å². The summed E-state index contributed by atoms with van der Waals surface area (Å²) in [6.45, 7) is 2.29. The van der Waals surface area contributed by atoms with Gasteiger partial charge in [0.1, 0.15) is 11.4 Å². The van der Waals surface area contributed by atoms with E-state index in [2.05, 4.69) is 21.3 Å². The summed E-state index contributed by atoms with van der Waals surface area (Å²) in [5, 5.41) is 11.5. The summed E-state index contributed by atoms with van der Waals surface area (Å²) in [6.07, 6.45) is 4.39. The number of carboxylic acids is 1. The molecule has 120 valence electrons. The Labute approximate surface area is 138 Å². The zero-order valence-electron chi connectivity index (χ0n) is 12.7. The second-order valence-electron chi connectivity index (χ2n) is 6.02. The highest BCUT2D eigenvalue weighted by Crippen LogP contribution is 2.43. The molecule has 0 radical (unpaired) electrons. The first-order valence-electron chi connectivity index (χ1n) is 7.84. The third-order valence-electron chi connectivity index (χ3n) is 4.83. The fourth-order valence-electron chi connectivity index (χ4n) is 3.67. The molecule has 5 nitrogen and oxygen atoms in total. The number of aromatic nitrogens is 1. The van der Waals surface area contributed by atoms with Crippen molar-refractivity contribution in [3.05, 3.63) is 45.8 Å². The van der Waals surface area contributed by atoms with Crippen molar-refractivity contribution in [3.63, 3.8) is 0 Å². The van der Waals surface area contributed by atoms with Crippen LogP contribution in [-0.2, 0) is 16.8 Å². The van der Waals surface area contributed by atoms with Gasteiger partial charge < -0.3 is 14.7 Å². The Bertz CT molecular complexity index is 735. The van der Waals surface area contributed by atoms with Gasteiger partial charge in [0.05, 0.1) is 12.2 Å². The highest BCUT2D eigenvalue weighted by molar-refractivity contribution is 7.10. The zero-order valence-corrected chi connectivity index (χ0v) is 13.5. The van der Waals surface area contributed by atoms with Crippen molar-refractivity contribution >= 4 is 23.1 Å². The molecule has 1 saturated heterocycles. The zero-order chi connectivity index (χ0) is 15.9. The van der Waals surface area contributed by atoms with Gasteiger partial charge in [0.25, 0.3) is 0 Å². The summed E-state index contributed by atoms with van der Waals surface area (Å²) >= 11 is 1.81. The standard InChI is InChI=1S/C17H18N2O3S/c20-16(21)12-2-1-7-18-15(12)19-8-5-17(6-9-19)13-4-11-23-14(13)3-10-22-17/h1-2,4,7,11H,3,5-6,8-10H2,(H,20,21). The normalized spacial score (nSPS) is 19.6. The van der Waals surface area contributed by atoms with E-state index < -0.39 is 5.97 Å². The van der Waals surface area contributed by atoms with Crippen LogP contribution < -0.4 is 4.90 Å². The maximum Gasteiger partial charge on any atom is 0.339 e. The van der Waals surface area contributed by atoms with E-state index in [1.807, 2.05) is 11.3 Å². The van der Waals surface area contributed by atoms with Crippen LogP contribution >= 0.6 is 11.3 Å². The molecule has 23 heavy (non-hydrogen) atoms. The summed E-state index contributed by atoms with van der Waals surface area (Å²) < 4.78 is 6.20. The van der Waals surface area contributed by atoms with Gasteiger partial charge in [-0.1, -0.05) is 0 Å². The van der Waals surface area contributed by atoms with Gasteiger partial charge in [0, 0.05) is 30.6 Å². The van der Waals surface area contributed by atoms with Crippen molar-refractivity contribution in [1.82, 2.24) is 4.98 Å². The summed E-state index contributed by atoms with van der Waals surface area (Å²) in [6, 6.07) is 5.47. The minimum Gasteiger partial charge on any atom is -0.478 e. The number of thiophene rings is 1. The van der Waals surface area contributed by atoms with Gasteiger partial charge in [-0.2, -0.15) is 0 Å². The summed E-state index contributed by atoms with van der Waals surface area (Å²) in [5.41, 5.74) is 1.42. The van der Waals surface area contributed by atoms with Gasteiger partial charge in [-0.05, 0) is 42.0 Å². The quantitative estimate of drug-likeness (QED) is 0.917. The number of aromatic carboxylic acids is 1. The maximum absolute atomic E-state index is 11.4. The molecule has 1 fully saturated rings. The molecule has 4 heterocycles. The van der Waals surface area contributed by atoms with Crippen molar-refractivity contribution in [1.29, 1.82) is 0 Å². The van der Waals surface area contributed by atoms with Gasteiger partial charge in [-0.25, -0.2) is 9.78 Å². The predicted octanol–water partition coefficient (Wildman–Crippen LogP) is 2.91. The molecule has 0 unspecified atom stereocenters. The van der Waals surface area contributed by atoms with E-state index in [4.69, 9.17) is 4.74 Å². The van der Waals surface area contributed by atoms with Crippen LogP contribution in [-0.4, -0.2) is 35.8 Å². The van der Waals surface area contributed by atoms with Crippen molar-refractivity contribution in [2.45, 2.75) is 24.9 Å². The fraction of sp³-hybridized carbons (Fsp3) is 0.412. The molecule has 1 N–H and O–H groups in total. The largest absolute Gasteiger partial charge is 0.478 e. The molecule has 2 aliphatic rings. The Morgan fingerprint density at radius 2 is 2.17 bits per heavy atom. The minimum absolute atomic E-state index is 0.192. The SMILES string of the molecule is O=C(O)c1cccnc1N1CCC2(CC1)OCCc1sccc12. The van der Waals surface area contributed by atoms with Crippen LogP contribution in [0, 0.1) is 0 Å². The van der Waals surface area contributed by atoms with Crippen LogP contribution in [0.2, 0.25) is 0 Å². The fourth-order valence-corrected chi connectivity index (χ4v) is 4.62. The number of rotatable bonds is 2. The first-order valence-corrected chi connectivity index (χ1v) is 8.72. The third kappa shape index (κ3) is 2.42. The average Bonchev–Trinajstić information content (AvgIpc) is 3.06. The lowest BCUT2D eigenvalue weighted by Gasteiger charge is -2.44. The van der Waals surface area contributed by atoms with E-state index in [9.17, 15) is 9.90 Å². The smallest absolute Gasteiger partial charge is 0.339 e. The number of carboxylic acid groups (broad SMARTS) is 1. The van der Waals surface area contributed by atoms with E-state index in [0.29, 0.717) is 5.82 Å². The van der Waals surface area contributed by atoms with E-state index in [-0.39, 0.29) is 11.2 Å². The first-order chi connectivity index (χ1) is 11.2. The summed E-state index contributed by atoms with van der Waals surface area (Å²) in [7, 11) is 0. The van der Waals surface area contributed by atoms with E-state index in [1.54, 1.807) is 18.3 Å². The van der Waals surface area contributed by atoms with E-state index in [0.717, 1.165) is 39.0 Å². The van der Waals surface area contributed by atoms with Crippen LogP contribution in [0.25, 0.3) is 0 Å². The molecule has 0 atom stereocenters. The van der Waals surface area contributed by atoms with Crippen molar-refractivity contribution < 1.29 is 14.6 Å². The number of carbonyl (C=O) groups is 1. The van der Waals surface area contributed by atoms with E-state index >= 15 is 0 Å². The van der Waals surface area contributed by atoms with Crippen LogP contribution in [0.15, 0.2) is 29.8 Å². The van der Waals surface area contributed by atoms with Gasteiger partial charge in [0.2, 0.25) is 0 Å². The van der Waals surface area contributed by atoms with Crippen LogP contribution in [0.4, 0.5) is 5.82 Å². The average molecular weight is 330 g/mol. The van der Waals surface area contributed by atoms with Gasteiger partial charge in [0.15, 0.2) is 0 Å². The third-order valence-corrected chi connectivity index (χ3v) is 5.81. The lowest BCUT2D eigenvalue weighted by atomic mass is 9.82. The first kappa shape index (κ1) is 14.7. The highest BCUT2D eigenvalue weighted by Gasteiger charge is 2.41. The van der Waals surface area contributed by atoms with Crippen molar-refractivity contribution in [3.8, 4) is 0 Å². The Morgan fingerprint density at radius 3 is 2.96 bits per heavy atom. The number of hydrogen-bond donors (Lipinski definition) is 1. The van der Waals surface area contributed by atoms with Gasteiger partial charge >= 0.3 is 5.97 Å². The molecule has 6 heteroatoms. The molecule has 0 saturated carbocycles. The number of ether oxygens (including phenoxy) is 1. The second kappa shape index (κ2) is 5.62. The molecule has 0 bridgehead atoms. The second-order valence-corrected chi connectivity index (χ2v) is 7.02. The lowest BCUT2D eigenvalue weighted by molar-refractivity contribution is -0.0757. The Balaban J connectivity index is 1.58. The minimum atomic E-state index is -0.928. The summed E-state index contributed by atoms with van der Waals surface area (Å²) in [5.74, 6) is -0.362. The Morgan fingerprint density at radius 1 is 1.35 bits per heavy atom. The Kier molecular flexibility index (Phi) is 3.58. The molecule has 2 aromatic heterocycles. The number of piperidine rings is 1. The molecule has 0 aliphatic carbocycles. The number of nitrogens with zero attached hydrogens (tertiary/aromatic N) is 2. The molecular formula is C17H18N2O3S. The maximum atomic E-state index is 11.4. The molecule has 0 amide bonds. The van der Waals surface area contributed by atoms with Crippen molar-refractivity contribution in [2.24, 2.45) is 0 Å². The topological polar surface area (TPSA) is 62.7 Å². The number of fused-ring (bicyclic) bond motifs is 2. The van der Waals surface area contributed by atoms with Crippen molar-refractivity contribution in [2.75, 3.05) is 24.6 Å². The predicted molar refractivity (Wildman–Crippen MR) is 88.3 cm³/mol. The molecule has 4 rings (SSSR count). The van der Waals surface area contributed by atoms with Crippen LogP contribution in [0.5, 0.6) is 0 Å². The van der Waals surface area contributed by atoms with E-state index in [1.165, 1.54) is 10.4 Å². The molecule has 2 aromatic rings. The molecule has 0 aromatic carbocycles. The lowest BCUT2D eigenvalue weighted by Crippen LogP contribution is -2.46. The molecule has 2 aliphatic heterocycles. The highest BCUT2D eigenvalue weighted by atomic mass is 32.1. The van der Waals surface area contributed by atoms with Crippen LogP contribution in [0.1, 0.15) is 33.6 Å².